The summed E-state index contributed by atoms with van der Waals surface area (Å²) in [6.45, 7) is 2.45. The van der Waals surface area contributed by atoms with Gasteiger partial charge in [0, 0.05) is 17.0 Å². The molecule has 3 heteroatoms. The van der Waals surface area contributed by atoms with Gasteiger partial charge in [-0.25, -0.2) is 0 Å². The van der Waals surface area contributed by atoms with E-state index in [0.29, 0.717) is 11.8 Å². The largest absolute Gasteiger partial charge is 0.497 e. The molecule has 0 spiro atoms. The average Bonchev–Trinajstić information content (AvgIpc) is 3.43. The van der Waals surface area contributed by atoms with Gasteiger partial charge in [-0.3, -0.25) is 0 Å². The summed E-state index contributed by atoms with van der Waals surface area (Å²) in [4.78, 5) is 0. The number of benzene rings is 1. The summed E-state index contributed by atoms with van der Waals surface area (Å²) in [5, 5.41) is 4.08. The predicted octanol–water partition coefficient (Wildman–Crippen LogP) is 5.29. The third kappa shape index (κ3) is 2.69. The van der Waals surface area contributed by atoms with Crippen molar-refractivity contribution in [2.75, 3.05) is 14.2 Å². The zero-order chi connectivity index (χ0) is 20.7. The highest BCUT2D eigenvalue weighted by atomic mass is 28.3. The van der Waals surface area contributed by atoms with E-state index in [1.165, 1.54) is 26.7 Å². The van der Waals surface area contributed by atoms with Crippen LogP contribution in [0.1, 0.15) is 0 Å². The zero-order valence-electron chi connectivity index (χ0n) is 17.6. The molecule has 2 unspecified atom stereocenters. The lowest BCUT2D eigenvalue weighted by Crippen LogP contribution is -2.50. The predicted molar refractivity (Wildman–Crippen MR) is 127 cm³/mol. The first kappa shape index (κ1) is 19.0. The van der Waals surface area contributed by atoms with Crippen molar-refractivity contribution in [2.24, 2.45) is 11.8 Å². The number of fused-ring (bicyclic) bond motifs is 2. The van der Waals surface area contributed by atoms with Gasteiger partial charge in [-0.1, -0.05) is 85.5 Å². The molecule has 0 fully saturated rings. The van der Waals surface area contributed by atoms with Crippen LogP contribution in [-0.4, -0.2) is 22.3 Å². The number of ether oxygens (including phenoxy) is 2. The van der Waals surface area contributed by atoms with Crippen LogP contribution in [0, 0.1) is 11.8 Å². The van der Waals surface area contributed by atoms with Crippen molar-refractivity contribution < 1.29 is 9.47 Å². The van der Waals surface area contributed by atoms with E-state index >= 15 is 0 Å². The van der Waals surface area contributed by atoms with E-state index in [9.17, 15) is 0 Å². The molecule has 0 aliphatic heterocycles. The lowest BCUT2D eigenvalue weighted by Gasteiger charge is -2.35. The molecule has 2 atom stereocenters. The Labute approximate surface area is 179 Å². The Morgan fingerprint density at radius 2 is 1.17 bits per heavy atom. The third-order valence-corrected chi connectivity index (χ3v) is 11.3. The van der Waals surface area contributed by atoms with Gasteiger partial charge in [0.1, 0.15) is 11.5 Å². The van der Waals surface area contributed by atoms with Gasteiger partial charge < -0.3 is 9.47 Å². The number of methoxy groups -OCH3 is 2. The van der Waals surface area contributed by atoms with Gasteiger partial charge in [-0.05, 0) is 33.7 Å². The standard InChI is InChI=1S/C27H26O2Si/c1-28-23-13-8-14-24(29-2)27(23)30(3,25-17-15-19-9-4-6-11-21(19)25)26-18-16-20-10-5-7-12-22(20)26/h4-20H,1-3H3. The highest BCUT2D eigenvalue weighted by Crippen LogP contribution is 2.45. The number of allylic oxidation sites excluding steroid dienone is 16. The smallest absolute Gasteiger partial charge is 0.155 e. The molecule has 5 rings (SSSR count). The lowest BCUT2D eigenvalue weighted by molar-refractivity contribution is 0.400. The Hall–Kier alpha value is -3.04. The second kappa shape index (κ2) is 7.33. The number of hydrogen-bond donors (Lipinski definition) is 0. The van der Waals surface area contributed by atoms with Crippen molar-refractivity contribution in [1.82, 2.24) is 0 Å². The molecular weight excluding hydrogens is 384 g/mol. The third-order valence-electron chi connectivity index (χ3n) is 6.70. The molecule has 4 aliphatic rings. The van der Waals surface area contributed by atoms with Crippen LogP contribution in [0.15, 0.2) is 113 Å². The van der Waals surface area contributed by atoms with Crippen LogP contribution in [-0.2, 0) is 0 Å². The molecule has 0 heterocycles. The van der Waals surface area contributed by atoms with Crippen molar-refractivity contribution in [3.63, 3.8) is 0 Å². The Bertz CT molecular complexity index is 1060. The van der Waals surface area contributed by atoms with E-state index in [1.54, 1.807) is 14.2 Å². The minimum Gasteiger partial charge on any atom is -0.497 e. The Morgan fingerprint density at radius 3 is 1.63 bits per heavy atom. The van der Waals surface area contributed by atoms with E-state index in [1.807, 2.05) is 6.07 Å². The number of rotatable bonds is 5. The van der Waals surface area contributed by atoms with Crippen molar-refractivity contribution in [3.8, 4) is 11.5 Å². The Morgan fingerprint density at radius 1 is 0.667 bits per heavy atom. The molecule has 0 N–H and O–H groups in total. The molecule has 1 aromatic carbocycles. The molecule has 0 aromatic heterocycles. The average molecular weight is 411 g/mol. The van der Waals surface area contributed by atoms with Gasteiger partial charge in [0.2, 0.25) is 0 Å². The van der Waals surface area contributed by atoms with Crippen LogP contribution in [0.25, 0.3) is 0 Å². The van der Waals surface area contributed by atoms with Crippen molar-refractivity contribution >= 4 is 13.3 Å². The molecule has 0 amide bonds. The summed E-state index contributed by atoms with van der Waals surface area (Å²) in [7, 11) is 1.08. The summed E-state index contributed by atoms with van der Waals surface area (Å²) >= 11 is 0. The second-order valence-corrected chi connectivity index (χ2v) is 12.0. The first-order valence-corrected chi connectivity index (χ1v) is 13.0. The normalized spacial score (nSPS) is 25.0. The maximum absolute atomic E-state index is 5.92. The fourth-order valence-electron chi connectivity index (χ4n) is 5.25. The molecule has 4 aliphatic carbocycles. The van der Waals surface area contributed by atoms with Crippen LogP contribution in [0.3, 0.4) is 0 Å². The van der Waals surface area contributed by atoms with E-state index in [-0.39, 0.29) is 0 Å². The van der Waals surface area contributed by atoms with E-state index < -0.39 is 8.07 Å². The monoisotopic (exact) mass is 410 g/mol. The van der Waals surface area contributed by atoms with Gasteiger partial charge in [-0.2, -0.15) is 0 Å². The number of hydrogen-bond acceptors (Lipinski definition) is 2. The molecule has 0 saturated carbocycles. The minimum atomic E-state index is -2.44. The SMILES string of the molecule is COc1cccc(OC)c1[Si](C)(C1=C2C=CC=CC2C=C1)C1=C2C=CC=CC2C=C1. The highest BCUT2D eigenvalue weighted by molar-refractivity contribution is 7.04. The fourth-order valence-corrected chi connectivity index (χ4v) is 9.95. The van der Waals surface area contributed by atoms with Gasteiger partial charge in [0.25, 0.3) is 0 Å². The van der Waals surface area contributed by atoms with Crippen LogP contribution in [0.2, 0.25) is 6.55 Å². The molecule has 1 aromatic rings. The highest BCUT2D eigenvalue weighted by Gasteiger charge is 2.46. The summed E-state index contributed by atoms with van der Waals surface area (Å²) in [6.07, 6.45) is 27.1. The minimum absolute atomic E-state index is 0.353. The molecule has 150 valence electrons. The summed E-state index contributed by atoms with van der Waals surface area (Å²) in [5.74, 6) is 2.52. The molecule has 2 nitrogen and oxygen atoms in total. The second-order valence-electron chi connectivity index (χ2n) is 8.16. The topological polar surface area (TPSA) is 18.5 Å². The van der Waals surface area contributed by atoms with Crippen LogP contribution in [0.5, 0.6) is 11.5 Å². The van der Waals surface area contributed by atoms with E-state index in [0.717, 1.165) is 11.5 Å². The van der Waals surface area contributed by atoms with E-state index in [4.69, 9.17) is 9.47 Å². The van der Waals surface area contributed by atoms with Crippen LogP contribution in [0.4, 0.5) is 0 Å². The first-order chi connectivity index (χ1) is 14.7. The van der Waals surface area contributed by atoms with Gasteiger partial charge >= 0.3 is 0 Å². The molecule has 0 bridgehead atoms. The fraction of sp³-hybridized carbons (Fsp3) is 0.185. The molecule has 0 radical (unpaired) electrons. The van der Waals surface area contributed by atoms with Crippen molar-refractivity contribution in [3.05, 3.63) is 113 Å². The van der Waals surface area contributed by atoms with Gasteiger partial charge in [0.05, 0.1) is 14.2 Å². The Balaban J connectivity index is 1.84. The summed E-state index contributed by atoms with van der Waals surface area (Å²) in [6, 6.07) is 6.15. The van der Waals surface area contributed by atoms with Crippen LogP contribution < -0.4 is 14.7 Å². The maximum atomic E-state index is 5.92. The van der Waals surface area contributed by atoms with E-state index in [2.05, 4.69) is 91.6 Å². The maximum Gasteiger partial charge on any atom is 0.155 e. The van der Waals surface area contributed by atoms with Crippen LogP contribution >= 0.6 is 0 Å². The zero-order valence-corrected chi connectivity index (χ0v) is 18.6. The quantitative estimate of drug-likeness (QED) is 0.615. The van der Waals surface area contributed by atoms with Gasteiger partial charge in [-0.15, -0.1) is 0 Å². The van der Waals surface area contributed by atoms with Gasteiger partial charge in [0.15, 0.2) is 8.07 Å². The summed E-state index contributed by atoms with van der Waals surface area (Å²) in [5.41, 5.74) is 2.81. The van der Waals surface area contributed by atoms with Crippen molar-refractivity contribution in [2.45, 2.75) is 6.55 Å². The Kier molecular flexibility index (Phi) is 4.63. The lowest BCUT2D eigenvalue weighted by atomic mass is 9.98. The van der Waals surface area contributed by atoms with Crippen molar-refractivity contribution in [1.29, 1.82) is 0 Å². The molecular formula is C27H26O2Si. The molecule has 0 saturated heterocycles. The summed E-state index contributed by atoms with van der Waals surface area (Å²) < 4.78 is 11.8. The molecule has 30 heavy (non-hydrogen) atoms. The first-order valence-electron chi connectivity index (χ1n) is 10.5.